The topological polar surface area (TPSA) is 99.6 Å². The molecule has 1 unspecified atom stereocenters. The molecule has 1 aliphatic carbocycles. The van der Waals surface area contributed by atoms with Gasteiger partial charge in [-0.05, 0) is 62.3 Å². The minimum atomic E-state index is -0.756. The number of hydrogen-bond donors (Lipinski definition) is 2. The van der Waals surface area contributed by atoms with Crippen molar-refractivity contribution in [1.29, 1.82) is 0 Å². The number of imidazole rings is 1. The Bertz CT molecular complexity index is 1410. The normalized spacial score (nSPS) is 21.7. The van der Waals surface area contributed by atoms with Crippen LogP contribution in [0.25, 0.3) is 16.8 Å². The summed E-state index contributed by atoms with van der Waals surface area (Å²) in [5, 5.41) is 7.85. The van der Waals surface area contributed by atoms with Crippen LogP contribution in [-0.4, -0.2) is 44.9 Å². The van der Waals surface area contributed by atoms with Crippen LogP contribution >= 0.6 is 0 Å². The number of nitrogens with zero attached hydrogens (tertiary/aromatic N) is 4. The molecule has 1 aromatic carbocycles. The number of nitrogens with two attached hydrogens (primary N) is 1. The molecule has 3 heterocycles. The fourth-order valence-electron chi connectivity index (χ4n) is 5.45. The van der Waals surface area contributed by atoms with Gasteiger partial charge in [0.15, 0.2) is 0 Å². The highest BCUT2D eigenvalue weighted by Gasteiger charge is 2.35. The molecule has 0 radical (unpaired) electrons. The largest absolute Gasteiger partial charge is 0.491 e. The maximum atomic E-state index is 15.0. The predicted octanol–water partition coefficient (Wildman–Crippen LogP) is 5.46. The van der Waals surface area contributed by atoms with E-state index in [2.05, 4.69) is 27.3 Å². The van der Waals surface area contributed by atoms with Crippen molar-refractivity contribution >= 4 is 17.2 Å². The first-order valence-corrected chi connectivity index (χ1v) is 12.7. The minimum absolute atomic E-state index is 0.0233. The summed E-state index contributed by atoms with van der Waals surface area (Å²) in [6.07, 6.45) is 6.66. The fraction of sp³-hybridized carbons (Fsp3) is 0.393. The van der Waals surface area contributed by atoms with Crippen LogP contribution in [0.3, 0.4) is 0 Å². The molecular weight excluding hydrogens is 490 g/mol. The molecule has 0 saturated heterocycles. The third-order valence-electron chi connectivity index (χ3n) is 7.04. The van der Waals surface area contributed by atoms with Crippen LogP contribution in [0.1, 0.15) is 45.1 Å². The quantitative estimate of drug-likeness (QED) is 0.333. The lowest BCUT2D eigenvalue weighted by atomic mass is 9.74. The van der Waals surface area contributed by atoms with Crippen LogP contribution < -0.4 is 15.8 Å². The Morgan fingerprint density at radius 1 is 1.11 bits per heavy atom. The molecule has 0 spiro atoms. The first-order valence-electron chi connectivity index (χ1n) is 12.7. The van der Waals surface area contributed by atoms with Gasteiger partial charge < -0.3 is 20.5 Å². The molecule has 5 rings (SSSR count). The van der Waals surface area contributed by atoms with Crippen LogP contribution in [0.2, 0.25) is 0 Å². The monoisotopic (exact) mass is 522 g/mol. The second-order valence-corrected chi connectivity index (χ2v) is 10.2. The van der Waals surface area contributed by atoms with Gasteiger partial charge >= 0.3 is 0 Å². The van der Waals surface area contributed by atoms with Crippen molar-refractivity contribution in [2.45, 2.75) is 57.8 Å². The SMILES string of the molecule is CO[C@@H]1C(N)C[C@H](c2ccncc2Nc2ncc3ccc(-c4c(F)cc(OC(C)C)cc4F)nn23)C[C@@H]1C. The zero-order chi connectivity index (χ0) is 27.0. The molecule has 4 aromatic rings. The van der Waals surface area contributed by atoms with Crippen molar-refractivity contribution in [3.05, 3.63) is 66.1 Å². The van der Waals surface area contributed by atoms with E-state index in [0.717, 1.165) is 24.1 Å². The molecule has 0 bridgehead atoms. The van der Waals surface area contributed by atoms with Gasteiger partial charge in [-0.1, -0.05) is 6.92 Å². The second-order valence-electron chi connectivity index (χ2n) is 10.2. The Labute approximate surface area is 220 Å². The first kappa shape index (κ1) is 26.0. The van der Waals surface area contributed by atoms with E-state index < -0.39 is 11.6 Å². The van der Waals surface area contributed by atoms with Gasteiger partial charge in [0.05, 0.1) is 47.1 Å². The molecule has 0 amide bonds. The molecular formula is C28H32F2N6O2. The highest BCUT2D eigenvalue weighted by Crippen LogP contribution is 2.40. The standard InChI is InChI=1S/C28H32F2N6O2/c1-15(2)38-19-11-21(29)26(22(30)12-19)24-6-5-18-13-33-28(36(18)35-24)34-25-14-32-8-7-20(25)17-9-16(3)27(37-4)23(31)10-17/h5-8,11-17,23,27H,9-10,31H2,1-4H3,(H,33,34)/t16-,17+,23?,27-/m0/s1. The van der Waals surface area contributed by atoms with E-state index in [4.69, 9.17) is 15.2 Å². The minimum Gasteiger partial charge on any atom is -0.491 e. The number of benzene rings is 1. The Morgan fingerprint density at radius 2 is 1.87 bits per heavy atom. The number of rotatable bonds is 7. The van der Waals surface area contributed by atoms with Crippen LogP contribution in [0.4, 0.5) is 20.4 Å². The third-order valence-corrected chi connectivity index (χ3v) is 7.04. The summed E-state index contributed by atoms with van der Waals surface area (Å²) in [5.74, 6) is -0.473. The van der Waals surface area contributed by atoms with Gasteiger partial charge in [-0.3, -0.25) is 4.98 Å². The maximum absolute atomic E-state index is 15.0. The Morgan fingerprint density at radius 3 is 2.55 bits per heavy atom. The molecule has 3 N–H and O–H groups in total. The number of methoxy groups -OCH3 is 1. The van der Waals surface area contributed by atoms with Crippen LogP contribution in [-0.2, 0) is 4.74 Å². The van der Waals surface area contributed by atoms with E-state index in [1.807, 2.05) is 6.07 Å². The lowest BCUT2D eigenvalue weighted by molar-refractivity contribution is 0.00984. The average molecular weight is 523 g/mol. The summed E-state index contributed by atoms with van der Waals surface area (Å²) in [6.45, 7) is 5.74. The third kappa shape index (κ3) is 5.06. The summed E-state index contributed by atoms with van der Waals surface area (Å²) >= 11 is 0. The van der Waals surface area contributed by atoms with E-state index in [1.54, 1.807) is 51.7 Å². The van der Waals surface area contributed by atoms with Gasteiger partial charge in [-0.25, -0.2) is 13.8 Å². The predicted molar refractivity (Wildman–Crippen MR) is 142 cm³/mol. The highest BCUT2D eigenvalue weighted by molar-refractivity contribution is 5.66. The summed E-state index contributed by atoms with van der Waals surface area (Å²) in [6, 6.07) is 7.53. The Kier molecular flexibility index (Phi) is 7.27. The summed E-state index contributed by atoms with van der Waals surface area (Å²) in [7, 11) is 1.71. The van der Waals surface area contributed by atoms with E-state index >= 15 is 0 Å². The van der Waals surface area contributed by atoms with Crippen LogP contribution in [0, 0.1) is 17.6 Å². The molecule has 8 nitrogen and oxygen atoms in total. The number of pyridine rings is 1. The molecule has 1 aliphatic rings. The average Bonchev–Trinajstić information content (AvgIpc) is 3.25. The number of nitrogens with one attached hydrogen (secondary N) is 1. The smallest absolute Gasteiger partial charge is 0.229 e. The van der Waals surface area contributed by atoms with Crippen molar-refractivity contribution in [3.8, 4) is 17.0 Å². The van der Waals surface area contributed by atoms with Gasteiger partial charge in [0.2, 0.25) is 5.95 Å². The van der Waals surface area contributed by atoms with Crippen LogP contribution in [0.5, 0.6) is 5.75 Å². The summed E-state index contributed by atoms with van der Waals surface area (Å²) < 4.78 is 42.5. The van der Waals surface area contributed by atoms with Crippen molar-refractivity contribution < 1.29 is 18.3 Å². The zero-order valence-corrected chi connectivity index (χ0v) is 21.9. The molecule has 4 atom stereocenters. The number of fused-ring (bicyclic) bond motifs is 1. The summed E-state index contributed by atoms with van der Waals surface area (Å²) in [5.41, 5.74) is 8.86. The van der Waals surface area contributed by atoms with E-state index in [-0.39, 0.29) is 41.2 Å². The van der Waals surface area contributed by atoms with Gasteiger partial charge in [0, 0.05) is 31.5 Å². The van der Waals surface area contributed by atoms with Crippen molar-refractivity contribution in [2.75, 3.05) is 12.4 Å². The molecule has 1 saturated carbocycles. The van der Waals surface area contributed by atoms with E-state index in [0.29, 0.717) is 17.4 Å². The zero-order valence-electron chi connectivity index (χ0n) is 21.9. The molecule has 10 heteroatoms. The first-order chi connectivity index (χ1) is 18.2. The number of halogens is 2. The van der Waals surface area contributed by atoms with Crippen molar-refractivity contribution in [3.63, 3.8) is 0 Å². The van der Waals surface area contributed by atoms with Gasteiger partial charge in [0.25, 0.3) is 0 Å². The number of hydrogen-bond acceptors (Lipinski definition) is 7. The Balaban J connectivity index is 1.47. The lowest BCUT2D eigenvalue weighted by Gasteiger charge is -2.38. The van der Waals surface area contributed by atoms with E-state index in [1.165, 1.54) is 16.6 Å². The Hall–Kier alpha value is -3.63. The lowest BCUT2D eigenvalue weighted by Crippen LogP contribution is -2.45. The van der Waals surface area contributed by atoms with Gasteiger partial charge in [0.1, 0.15) is 17.4 Å². The van der Waals surface area contributed by atoms with Crippen molar-refractivity contribution in [2.24, 2.45) is 11.7 Å². The molecule has 38 heavy (non-hydrogen) atoms. The van der Waals surface area contributed by atoms with E-state index in [9.17, 15) is 8.78 Å². The summed E-state index contributed by atoms with van der Waals surface area (Å²) in [4.78, 5) is 8.77. The number of aromatic nitrogens is 4. The second kappa shape index (κ2) is 10.6. The molecule has 0 aliphatic heterocycles. The molecule has 3 aromatic heterocycles. The number of ether oxygens (including phenoxy) is 2. The number of anilines is 2. The molecule has 1 fully saturated rings. The highest BCUT2D eigenvalue weighted by atomic mass is 19.1. The molecule has 200 valence electrons. The van der Waals surface area contributed by atoms with Crippen molar-refractivity contribution in [1.82, 2.24) is 19.6 Å². The fourth-order valence-corrected chi connectivity index (χ4v) is 5.45. The van der Waals surface area contributed by atoms with Crippen LogP contribution in [0.15, 0.2) is 48.9 Å². The van der Waals surface area contributed by atoms with Gasteiger partial charge in [-0.15, -0.1) is 0 Å². The van der Waals surface area contributed by atoms with Gasteiger partial charge in [-0.2, -0.15) is 9.61 Å². The maximum Gasteiger partial charge on any atom is 0.229 e.